The molecule has 3 rings (SSSR count). The van der Waals surface area contributed by atoms with Gasteiger partial charge in [-0.2, -0.15) is 0 Å². The number of rotatable bonds is 2. The fourth-order valence-corrected chi connectivity index (χ4v) is 2.72. The van der Waals surface area contributed by atoms with Crippen LogP contribution >= 0.6 is 0 Å². The number of aryl methyl sites for hydroxylation is 1. The predicted octanol–water partition coefficient (Wildman–Crippen LogP) is 2.96. The number of aromatic nitrogens is 1. The van der Waals surface area contributed by atoms with Crippen LogP contribution in [0.3, 0.4) is 0 Å². The van der Waals surface area contributed by atoms with Gasteiger partial charge in [-0.3, -0.25) is 4.98 Å². The second-order valence-corrected chi connectivity index (χ2v) is 7.21. The minimum absolute atomic E-state index is 0.306. The molecule has 2 aliphatic rings. The molecule has 1 aromatic rings. The summed E-state index contributed by atoms with van der Waals surface area (Å²) in [5.74, 6) is 0.635. The summed E-state index contributed by atoms with van der Waals surface area (Å²) in [5, 5.41) is 0. The molecule has 108 valence electrons. The van der Waals surface area contributed by atoms with Crippen molar-refractivity contribution < 1.29 is 9.31 Å². The molecule has 1 aromatic heterocycles. The van der Waals surface area contributed by atoms with E-state index in [4.69, 9.17) is 14.3 Å². The van der Waals surface area contributed by atoms with E-state index in [1.807, 2.05) is 0 Å². The highest BCUT2D eigenvalue weighted by atomic mass is 16.7. The highest BCUT2D eigenvalue weighted by Crippen LogP contribution is 2.37. The molecule has 0 bridgehead atoms. The third-order valence-corrected chi connectivity index (χ3v) is 5.03. The monoisotopic (exact) mass is 273 g/mol. The summed E-state index contributed by atoms with van der Waals surface area (Å²) in [6.07, 6.45) is 3.85. The summed E-state index contributed by atoms with van der Waals surface area (Å²) in [6.45, 7) is 10.4. The van der Waals surface area contributed by atoms with Crippen molar-refractivity contribution in [1.82, 2.24) is 4.98 Å². The largest absolute Gasteiger partial charge is 0.514 e. The third kappa shape index (κ3) is 2.29. The normalized spacial score (nSPS) is 24.8. The van der Waals surface area contributed by atoms with Crippen molar-refractivity contribution in [1.29, 1.82) is 0 Å². The lowest BCUT2D eigenvalue weighted by molar-refractivity contribution is 0.00578. The van der Waals surface area contributed by atoms with Gasteiger partial charge in [0.15, 0.2) is 0 Å². The molecule has 2 heterocycles. The quantitative estimate of drug-likeness (QED) is 0.776. The summed E-state index contributed by atoms with van der Waals surface area (Å²) < 4.78 is 12.2. The minimum atomic E-state index is -0.348. The van der Waals surface area contributed by atoms with Crippen molar-refractivity contribution in [2.24, 2.45) is 0 Å². The highest BCUT2D eigenvalue weighted by molar-refractivity contribution is 6.61. The molecular formula is C16H24BNO2. The van der Waals surface area contributed by atoms with Gasteiger partial charge in [0.05, 0.1) is 16.8 Å². The first-order valence-corrected chi connectivity index (χ1v) is 7.63. The van der Waals surface area contributed by atoms with Gasteiger partial charge in [0.1, 0.15) is 0 Å². The predicted molar refractivity (Wildman–Crippen MR) is 81.3 cm³/mol. The number of hydrogen-bond donors (Lipinski definition) is 0. The Labute approximate surface area is 122 Å². The van der Waals surface area contributed by atoms with Crippen LogP contribution in [0.25, 0.3) is 0 Å². The maximum Gasteiger partial charge on any atom is 0.514 e. The molecule has 1 saturated heterocycles. The average molecular weight is 273 g/mol. The van der Waals surface area contributed by atoms with Crippen LogP contribution in [-0.4, -0.2) is 23.3 Å². The van der Waals surface area contributed by atoms with Crippen molar-refractivity contribution in [3.8, 4) is 0 Å². The van der Waals surface area contributed by atoms with Crippen molar-refractivity contribution in [3.05, 3.63) is 23.4 Å². The second-order valence-electron chi connectivity index (χ2n) is 7.21. The molecule has 0 atom stereocenters. The summed E-state index contributed by atoms with van der Waals surface area (Å²) in [7, 11) is -0.348. The second kappa shape index (κ2) is 4.57. The van der Waals surface area contributed by atoms with Crippen LogP contribution < -0.4 is 5.59 Å². The van der Waals surface area contributed by atoms with Gasteiger partial charge in [-0.1, -0.05) is 6.42 Å². The molecule has 0 aromatic carbocycles. The lowest BCUT2D eigenvalue weighted by Gasteiger charge is -2.32. The number of pyridine rings is 1. The lowest BCUT2D eigenvalue weighted by atomic mass is 9.79. The van der Waals surface area contributed by atoms with E-state index in [-0.39, 0.29) is 18.3 Å². The summed E-state index contributed by atoms with van der Waals surface area (Å²) in [6, 6.07) is 4.29. The Morgan fingerprint density at radius 1 is 1.10 bits per heavy atom. The van der Waals surface area contributed by atoms with E-state index in [1.54, 1.807) is 0 Å². The maximum absolute atomic E-state index is 6.11. The molecule has 1 aliphatic carbocycles. The van der Waals surface area contributed by atoms with E-state index in [0.29, 0.717) is 5.92 Å². The van der Waals surface area contributed by atoms with Gasteiger partial charge in [-0.15, -0.1) is 0 Å². The molecule has 0 N–H and O–H groups in total. The fraction of sp³-hybridized carbons (Fsp3) is 0.688. The van der Waals surface area contributed by atoms with E-state index in [0.717, 1.165) is 5.59 Å². The highest BCUT2D eigenvalue weighted by Gasteiger charge is 2.52. The van der Waals surface area contributed by atoms with Gasteiger partial charge in [-0.05, 0) is 65.2 Å². The third-order valence-electron chi connectivity index (χ3n) is 5.03. The smallest absolute Gasteiger partial charge is 0.398 e. The zero-order valence-electron chi connectivity index (χ0n) is 13.2. The van der Waals surface area contributed by atoms with Crippen LogP contribution in [0.1, 0.15) is 64.1 Å². The van der Waals surface area contributed by atoms with Crippen LogP contribution in [0.5, 0.6) is 0 Å². The molecule has 3 nitrogen and oxygen atoms in total. The Kier molecular flexibility index (Phi) is 3.22. The minimum Gasteiger partial charge on any atom is -0.398 e. The maximum atomic E-state index is 6.11. The molecule has 2 fully saturated rings. The average Bonchev–Trinajstić information content (AvgIpc) is 2.45. The molecule has 0 radical (unpaired) electrons. The SMILES string of the molecule is Cc1cc(B2OC(C)(C)C(C)(C)O2)nc(C2CCC2)c1. The van der Waals surface area contributed by atoms with Gasteiger partial charge < -0.3 is 9.31 Å². The zero-order chi connectivity index (χ0) is 14.5. The summed E-state index contributed by atoms with van der Waals surface area (Å²) in [5.41, 5.74) is 2.76. The standard InChI is InChI=1S/C16H24BNO2/c1-11-9-13(12-7-6-8-12)18-14(10-11)17-19-15(2,3)16(4,5)20-17/h9-10,12H,6-8H2,1-5H3. The first-order chi connectivity index (χ1) is 9.28. The Balaban J connectivity index is 1.89. The van der Waals surface area contributed by atoms with E-state index in [9.17, 15) is 0 Å². The van der Waals surface area contributed by atoms with Crippen LogP contribution in [0.15, 0.2) is 12.1 Å². The Morgan fingerprint density at radius 2 is 1.70 bits per heavy atom. The van der Waals surface area contributed by atoms with Gasteiger partial charge in [-0.25, -0.2) is 0 Å². The molecule has 1 aliphatic heterocycles. The number of nitrogens with zero attached hydrogens (tertiary/aromatic N) is 1. The van der Waals surface area contributed by atoms with Crippen molar-refractivity contribution >= 4 is 12.7 Å². The first-order valence-electron chi connectivity index (χ1n) is 7.63. The molecule has 20 heavy (non-hydrogen) atoms. The Bertz CT molecular complexity index is 507. The molecule has 0 amide bonds. The van der Waals surface area contributed by atoms with Gasteiger partial charge >= 0.3 is 7.12 Å². The molecule has 0 spiro atoms. The Morgan fingerprint density at radius 3 is 2.20 bits per heavy atom. The van der Waals surface area contributed by atoms with E-state index in [2.05, 4.69) is 46.8 Å². The Hall–Kier alpha value is -0.865. The van der Waals surface area contributed by atoms with Gasteiger partial charge in [0, 0.05) is 11.6 Å². The summed E-state index contributed by atoms with van der Waals surface area (Å²) >= 11 is 0. The molecule has 1 saturated carbocycles. The summed E-state index contributed by atoms with van der Waals surface area (Å²) in [4.78, 5) is 4.82. The van der Waals surface area contributed by atoms with Gasteiger partial charge in [0.2, 0.25) is 0 Å². The van der Waals surface area contributed by atoms with Gasteiger partial charge in [0.25, 0.3) is 0 Å². The van der Waals surface area contributed by atoms with E-state index < -0.39 is 0 Å². The van der Waals surface area contributed by atoms with Crippen molar-refractivity contribution in [2.45, 2.75) is 71.0 Å². The number of hydrogen-bond acceptors (Lipinski definition) is 3. The van der Waals surface area contributed by atoms with Crippen molar-refractivity contribution in [2.75, 3.05) is 0 Å². The van der Waals surface area contributed by atoms with E-state index >= 15 is 0 Å². The van der Waals surface area contributed by atoms with Crippen LogP contribution in [0.2, 0.25) is 0 Å². The molecule has 0 unspecified atom stereocenters. The lowest BCUT2D eigenvalue weighted by Crippen LogP contribution is -2.41. The zero-order valence-corrected chi connectivity index (χ0v) is 13.2. The molecular weight excluding hydrogens is 249 g/mol. The van der Waals surface area contributed by atoms with Crippen LogP contribution in [0.4, 0.5) is 0 Å². The van der Waals surface area contributed by atoms with E-state index in [1.165, 1.54) is 30.5 Å². The fourth-order valence-electron chi connectivity index (χ4n) is 2.72. The van der Waals surface area contributed by atoms with Crippen LogP contribution in [0, 0.1) is 6.92 Å². The van der Waals surface area contributed by atoms with Crippen LogP contribution in [-0.2, 0) is 9.31 Å². The molecule has 4 heteroatoms. The van der Waals surface area contributed by atoms with Crippen molar-refractivity contribution in [3.63, 3.8) is 0 Å². The first kappa shape index (κ1) is 14.1. The topological polar surface area (TPSA) is 31.4 Å².